The third-order valence-corrected chi connectivity index (χ3v) is 2.13. The van der Waals surface area contributed by atoms with E-state index in [1.54, 1.807) is 18.2 Å². The number of ketones is 1. The average Bonchev–Trinajstić information content (AvgIpc) is 2.19. The van der Waals surface area contributed by atoms with Crippen molar-refractivity contribution in [1.82, 2.24) is 0 Å². The molecule has 2 heteroatoms. The maximum absolute atomic E-state index is 11.4. The first kappa shape index (κ1) is 7.75. The summed E-state index contributed by atoms with van der Waals surface area (Å²) in [6, 6.07) is 9.31. The fourth-order valence-electron chi connectivity index (χ4n) is 1.48. The molecule has 0 unspecified atom stereocenters. The van der Waals surface area contributed by atoms with E-state index in [-0.39, 0.29) is 5.78 Å². The predicted octanol–water partition coefficient (Wildman–Crippen LogP) is 2.18. The minimum absolute atomic E-state index is 0.0922. The van der Waals surface area contributed by atoms with Crippen LogP contribution in [0.25, 0.3) is 5.57 Å². The van der Waals surface area contributed by atoms with E-state index in [4.69, 9.17) is 5.26 Å². The SMILES string of the molecule is N#CC1=CCC(=O)c2ccccc21. The van der Waals surface area contributed by atoms with Gasteiger partial charge in [-0.05, 0) is 0 Å². The number of Topliss-reactive ketones (excluding diaryl/α,β-unsaturated/α-hetero) is 1. The number of hydrogen-bond acceptors (Lipinski definition) is 2. The summed E-state index contributed by atoms with van der Waals surface area (Å²) in [4.78, 5) is 11.4. The van der Waals surface area contributed by atoms with E-state index in [0.29, 0.717) is 17.6 Å². The van der Waals surface area contributed by atoms with Gasteiger partial charge in [-0.25, -0.2) is 0 Å². The summed E-state index contributed by atoms with van der Waals surface area (Å²) in [6.07, 6.45) is 2.03. The van der Waals surface area contributed by atoms with Crippen LogP contribution in [0.1, 0.15) is 22.3 Å². The normalized spacial score (nSPS) is 14.4. The molecule has 0 fully saturated rings. The van der Waals surface area contributed by atoms with E-state index >= 15 is 0 Å². The molecule has 0 aliphatic heterocycles. The van der Waals surface area contributed by atoms with Crippen molar-refractivity contribution >= 4 is 11.4 Å². The summed E-state index contributed by atoms with van der Waals surface area (Å²) < 4.78 is 0. The maximum Gasteiger partial charge on any atom is 0.167 e. The molecule has 1 aromatic rings. The van der Waals surface area contributed by atoms with Crippen LogP contribution in [0.2, 0.25) is 0 Å². The Hall–Kier alpha value is -1.88. The number of hydrogen-bond donors (Lipinski definition) is 0. The lowest BCUT2D eigenvalue weighted by atomic mass is 9.91. The predicted molar refractivity (Wildman–Crippen MR) is 49.0 cm³/mol. The van der Waals surface area contributed by atoms with Crippen LogP contribution in [0.5, 0.6) is 0 Å². The Balaban J connectivity index is 2.66. The zero-order valence-electron chi connectivity index (χ0n) is 6.95. The number of carbonyl (C=O) groups is 1. The van der Waals surface area contributed by atoms with E-state index in [9.17, 15) is 4.79 Å². The summed E-state index contributed by atoms with van der Waals surface area (Å²) in [5.74, 6) is 0.0922. The molecular formula is C11H7NO. The molecule has 0 N–H and O–H groups in total. The second-order valence-electron chi connectivity index (χ2n) is 2.90. The molecule has 0 atom stereocenters. The maximum atomic E-state index is 11.4. The standard InChI is InChI=1S/C11H7NO/c12-7-8-5-6-11(13)10-4-2-1-3-9(8)10/h1-5H,6H2. The fourth-order valence-corrected chi connectivity index (χ4v) is 1.48. The van der Waals surface area contributed by atoms with Gasteiger partial charge in [0.2, 0.25) is 0 Å². The summed E-state index contributed by atoms with van der Waals surface area (Å²) >= 11 is 0. The van der Waals surface area contributed by atoms with Crippen LogP contribution in [-0.2, 0) is 0 Å². The first-order valence-electron chi connectivity index (χ1n) is 4.06. The molecule has 2 rings (SSSR count). The molecule has 0 radical (unpaired) electrons. The van der Waals surface area contributed by atoms with Crippen molar-refractivity contribution < 1.29 is 4.79 Å². The third kappa shape index (κ3) is 1.15. The molecule has 0 aromatic heterocycles. The van der Waals surface area contributed by atoms with Gasteiger partial charge in [0.25, 0.3) is 0 Å². The first-order valence-corrected chi connectivity index (χ1v) is 4.06. The lowest BCUT2D eigenvalue weighted by Crippen LogP contribution is -2.06. The number of benzene rings is 1. The number of nitrogens with zero attached hydrogens (tertiary/aromatic N) is 1. The monoisotopic (exact) mass is 169 g/mol. The van der Waals surface area contributed by atoms with E-state index < -0.39 is 0 Å². The van der Waals surface area contributed by atoms with Gasteiger partial charge in [-0.15, -0.1) is 0 Å². The Morgan fingerprint density at radius 1 is 1.23 bits per heavy atom. The van der Waals surface area contributed by atoms with Crippen LogP contribution < -0.4 is 0 Å². The van der Waals surface area contributed by atoms with Crippen LogP contribution in [-0.4, -0.2) is 5.78 Å². The molecule has 0 amide bonds. The third-order valence-electron chi connectivity index (χ3n) is 2.13. The fraction of sp³-hybridized carbons (Fsp3) is 0.0909. The molecule has 2 nitrogen and oxygen atoms in total. The topological polar surface area (TPSA) is 40.9 Å². The molecule has 0 saturated heterocycles. The van der Waals surface area contributed by atoms with E-state index in [2.05, 4.69) is 6.07 Å². The molecular weight excluding hydrogens is 162 g/mol. The van der Waals surface area contributed by atoms with Gasteiger partial charge < -0.3 is 0 Å². The van der Waals surface area contributed by atoms with Gasteiger partial charge in [-0.3, -0.25) is 4.79 Å². The summed E-state index contributed by atoms with van der Waals surface area (Å²) in [7, 11) is 0. The van der Waals surface area contributed by atoms with Gasteiger partial charge >= 0.3 is 0 Å². The zero-order valence-corrected chi connectivity index (χ0v) is 6.95. The molecule has 13 heavy (non-hydrogen) atoms. The lowest BCUT2D eigenvalue weighted by Gasteiger charge is -2.10. The summed E-state index contributed by atoms with van der Waals surface area (Å²) in [5.41, 5.74) is 2.04. The minimum Gasteiger partial charge on any atom is -0.294 e. The second kappa shape index (κ2) is 2.87. The molecule has 0 heterocycles. The van der Waals surface area contributed by atoms with E-state index in [1.807, 2.05) is 12.1 Å². The van der Waals surface area contributed by atoms with Gasteiger partial charge in [0.1, 0.15) is 0 Å². The van der Waals surface area contributed by atoms with Crippen molar-refractivity contribution in [2.24, 2.45) is 0 Å². The largest absolute Gasteiger partial charge is 0.294 e. The van der Waals surface area contributed by atoms with E-state index in [1.165, 1.54) is 0 Å². The Labute approximate surface area is 76.1 Å². The van der Waals surface area contributed by atoms with Gasteiger partial charge in [0.05, 0.1) is 11.6 Å². The van der Waals surface area contributed by atoms with Gasteiger partial charge in [-0.1, -0.05) is 30.3 Å². The van der Waals surface area contributed by atoms with Crippen molar-refractivity contribution in [3.05, 3.63) is 41.5 Å². The van der Waals surface area contributed by atoms with Crippen LogP contribution >= 0.6 is 0 Å². The van der Waals surface area contributed by atoms with Crippen LogP contribution in [0.3, 0.4) is 0 Å². The summed E-state index contributed by atoms with van der Waals surface area (Å²) in [6.45, 7) is 0. The zero-order chi connectivity index (χ0) is 9.26. The van der Waals surface area contributed by atoms with Crippen LogP contribution in [0.15, 0.2) is 30.3 Å². The van der Waals surface area contributed by atoms with Crippen molar-refractivity contribution in [2.45, 2.75) is 6.42 Å². The second-order valence-corrected chi connectivity index (χ2v) is 2.90. The number of nitriles is 1. The van der Waals surface area contributed by atoms with Crippen molar-refractivity contribution in [3.63, 3.8) is 0 Å². The Morgan fingerprint density at radius 2 is 1.92 bits per heavy atom. The molecule has 0 spiro atoms. The number of rotatable bonds is 0. The molecule has 1 aliphatic rings. The molecule has 1 aromatic carbocycles. The number of fused-ring (bicyclic) bond motifs is 1. The van der Waals surface area contributed by atoms with Crippen LogP contribution in [0, 0.1) is 11.3 Å². The molecule has 0 bridgehead atoms. The first-order chi connectivity index (χ1) is 6.33. The molecule has 0 saturated carbocycles. The highest BCUT2D eigenvalue weighted by Gasteiger charge is 2.17. The van der Waals surface area contributed by atoms with Gasteiger partial charge in [0, 0.05) is 17.5 Å². The summed E-state index contributed by atoms with van der Waals surface area (Å²) in [5, 5.41) is 8.79. The average molecular weight is 169 g/mol. The van der Waals surface area contributed by atoms with Crippen molar-refractivity contribution in [3.8, 4) is 6.07 Å². The highest BCUT2D eigenvalue weighted by atomic mass is 16.1. The highest BCUT2D eigenvalue weighted by molar-refractivity contribution is 6.06. The van der Waals surface area contributed by atoms with Gasteiger partial charge in [0.15, 0.2) is 5.78 Å². The Morgan fingerprint density at radius 3 is 2.62 bits per heavy atom. The number of allylic oxidation sites excluding steroid dienone is 2. The Bertz CT molecular complexity index is 438. The van der Waals surface area contributed by atoms with Gasteiger partial charge in [-0.2, -0.15) is 5.26 Å². The Kier molecular flexibility index (Phi) is 1.71. The highest BCUT2D eigenvalue weighted by Crippen LogP contribution is 2.25. The van der Waals surface area contributed by atoms with Crippen molar-refractivity contribution in [1.29, 1.82) is 5.26 Å². The number of carbonyl (C=O) groups excluding carboxylic acids is 1. The quantitative estimate of drug-likeness (QED) is 0.597. The molecule has 62 valence electrons. The van der Waals surface area contributed by atoms with E-state index in [0.717, 1.165) is 5.56 Å². The molecule has 1 aliphatic carbocycles. The van der Waals surface area contributed by atoms with Crippen LogP contribution in [0.4, 0.5) is 0 Å². The minimum atomic E-state index is 0.0922. The lowest BCUT2D eigenvalue weighted by molar-refractivity contribution is 0.0994. The smallest absolute Gasteiger partial charge is 0.167 e. The van der Waals surface area contributed by atoms with Crippen molar-refractivity contribution in [2.75, 3.05) is 0 Å².